The second-order valence-electron chi connectivity index (χ2n) is 6.53. The van der Waals surface area contributed by atoms with E-state index in [1.165, 1.54) is 0 Å². The lowest BCUT2D eigenvalue weighted by molar-refractivity contribution is 0.102. The Bertz CT molecular complexity index is 1170. The summed E-state index contributed by atoms with van der Waals surface area (Å²) in [5.74, 6) is -0.163. The molecular weight excluding hydrogens is 368 g/mol. The second-order valence-corrected chi connectivity index (χ2v) is 7.41. The van der Waals surface area contributed by atoms with E-state index < -0.39 is 0 Å². The number of carbonyl (C=O) groups excluding carboxylic acids is 1. The smallest absolute Gasteiger partial charge is 0.256 e. The highest BCUT2D eigenvalue weighted by atomic mass is 32.2. The molecule has 6 heteroatoms. The van der Waals surface area contributed by atoms with Gasteiger partial charge >= 0.3 is 0 Å². The Labute approximate surface area is 167 Å². The van der Waals surface area contributed by atoms with Crippen molar-refractivity contribution in [3.05, 3.63) is 77.6 Å². The number of para-hydroxylation sites is 1. The van der Waals surface area contributed by atoms with Crippen LogP contribution in [0.1, 0.15) is 21.7 Å². The van der Waals surface area contributed by atoms with E-state index in [1.807, 2.05) is 80.8 Å². The lowest BCUT2D eigenvalue weighted by Crippen LogP contribution is -2.13. The number of nitrogens with zero attached hydrogens (tertiary/aromatic N) is 3. The number of nitrogens with one attached hydrogen (secondary N) is 1. The number of fused-ring (bicyclic) bond motifs is 1. The molecule has 2 aromatic heterocycles. The first kappa shape index (κ1) is 18.3. The van der Waals surface area contributed by atoms with Gasteiger partial charge in [0.2, 0.25) is 0 Å². The van der Waals surface area contributed by atoms with Gasteiger partial charge in [0, 0.05) is 16.3 Å². The van der Waals surface area contributed by atoms with Crippen molar-refractivity contribution in [3.63, 3.8) is 0 Å². The van der Waals surface area contributed by atoms with Crippen molar-refractivity contribution in [2.24, 2.45) is 0 Å². The maximum atomic E-state index is 13.1. The number of pyridine rings is 1. The zero-order valence-corrected chi connectivity index (χ0v) is 16.7. The Morgan fingerprint density at radius 3 is 2.57 bits per heavy atom. The third-order valence-corrected chi connectivity index (χ3v) is 5.24. The highest BCUT2D eigenvalue weighted by molar-refractivity contribution is 7.98. The zero-order chi connectivity index (χ0) is 19.7. The van der Waals surface area contributed by atoms with E-state index in [-0.39, 0.29) is 5.91 Å². The third kappa shape index (κ3) is 3.39. The lowest BCUT2D eigenvalue weighted by Gasteiger charge is -2.09. The van der Waals surface area contributed by atoms with Crippen LogP contribution in [-0.2, 0) is 0 Å². The van der Waals surface area contributed by atoms with Gasteiger partial charge < -0.3 is 5.32 Å². The standard InChI is InChI=1S/C22H20N4OS/c1-14-12-19(22(27)24-16-8-7-11-18(13-16)28-3)20-15(2)25-26(21(20)23-14)17-9-5-4-6-10-17/h4-13H,1-3H3,(H,24,27). The molecule has 4 aromatic rings. The average Bonchev–Trinajstić information content (AvgIpc) is 3.04. The summed E-state index contributed by atoms with van der Waals surface area (Å²) in [5.41, 5.74) is 4.50. The Morgan fingerprint density at radius 1 is 1.04 bits per heavy atom. The first-order valence-electron chi connectivity index (χ1n) is 8.94. The van der Waals surface area contributed by atoms with Crippen LogP contribution in [0.3, 0.4) is 0 Å². The number of rotatable bonds is 4. The molecule has 0 aliphatic carbocycles. The molecule has 1 N–H and O–H groups in total. The minimum atomic E-state index is -0.163. The van der Waals surface area contributed by atoms with Crippen LogP contribution in [0.5, 0.6) is 0 Å². The molecule has 2 heterocycles. The number of benzene rings is 2. The summed E-state index contributed by atoms with van der Waals surface area (Å²) in [6.07, 6.45) is 2.01. The van der Waals surface area contributed by atoms with Crippen molar-refractivity contribution in [3.8, 4) is 5.69 Å². The van der Waals surface area contributed by atoms with Crippen LogP contribution in [0.2, 0.25) is 0 Å². The molecule has 0 aliphatic heterocycles. The first-order chi connectivity index (χ1) is 13.6. The van der Waals surface area contributed by atoms with E-state index in [0.717, 1.165) is 33.0 Å². The number of hydrogen-bond acceptors (Lipinski definition) is 4. The highest BCUT2D eigenvalue weighted by Gasteiger charge is 2.19. The molecular formula is C22H20N4OS. The molecule has 0 radical (unpaired) electrons. The Balaban J connectivity index is 1.81. The fraction of sp³-hybridized carbons (Fsp3) is 0.136. The number of hydrogen-bond donors (Lipinski definition) is 1. The molecule has 0 aliphatic rings. The summed E-state index contributed by atoms with van der Waals surface area (Å²) in [6, 6.07) is 19.5. The second kappa shape index (κ2) is 7.48. The van der Waals surface area contributed by atoms with Crippen LogP contribution in [0.25, 0.3) is 16.7 Å². The van der Waals surface area contributed by atoms with Crippen LogP contribution >= 0.6 is 11.8 Å². The Morgan fingerprint density at radius 2 is 1.82 bits per heavy atom. The monoisotopic (exact) mass is 388 g/mol. The molecule has 0 unspecified atom stereocenters. The summed E-state index contributed by atoms with van der Waals surface area (Å²) in [5, 5.41) is 8.43. The van der Waals surface area contributed by atoms with Crippen LogP contribution in [0, 0.1) is 13.8 Å². The number of carbonyl (C=O) groups is 1. The van der Waals surface area contributed by atoms with Gasteiger partial charge in [-0.3, -0.25) is 4.79 Å². The molecule has 4 rings (SSSR count). The van der Waals surface area contributed by atoms with Crippen molar-refractivity contribution in [1.29, 1.82) is 0 Å². The van der Waals surface area contributed by atoms with Gasteiger partial charge in [0.15, 0.2) is 5.65 Å². The Hall–Kier alpha value is -3.12. The molecule has 0 bridgehead atoms. The molecule has 0 saturated heterocycles. The van der Waals surface area contributed by atoms with Crippen molar-refractivity contribution in [2.45, 2.75) is 18.7 Å². The molecule has 0 saturated carbocycles. The van der Waals surface area contributed by atoms with Gasteiger partial charge in [-0.15, -0.1) is 11.8 Å². The summed E-state index contributed by atoms with van der Waals surface area (Å²) in [6.45, 7) is 3.80. The van der Waals surface area contributed by atoms with Crippen molar-refractivity contribution in [1.82, 2.24) is 14.8 Å². The van der Waals surface area contributed by atoms with Crippen LogP contribution in [-0.4, -0.2) is 26.9 Å². The fourth-order valence-corrected chi connectivity index (χ4v) is 3.70. The van der Waals surface area contributed by atoms with Gasteiger partial charge in [0.05, 0.1) is 22.3 Å². The van der Waals surface area contributed by atoms with Crippen molar-refractivity contribution in [2.75, 3.05) is 11.6 Å². The normalized spacial score (nSPS) is 11.0. The van der Waals surface area contributed by atoms with Crippen molar-refractivity contribution < 1.29 is 4.79 Å². The minimum Gasteiger partial charge on any atom is -0.322 e. The fourth-order valence-electron chi connectivity index (χ4n) is 3.24. The highest BCUT2D eigenvalue weighted by Crippen LogP contribution is 2.26. The summed E-state index contributed by atoms with van der Waals surface area (Å²) in [7, 11) is 0. The van der Waals surface area contributed by atoms with Crippen molar-refractivity contribution >= 4 is 34.4 Å². The largest absolute Gasteiger partial charge is 0.322 e. The van der Waals surface area contributed by atoms with Gasteiger partial charge in [0.1, 0.15) is 0 Å². The van der Waals surface area contributed by atoms with Crippen LogP contribution < -0.4 is 5.32 Å². The van der Waals surface area contributed by atoms with E-state index in [2.05, 4.69) is 15.4 Å². The van der Waals surface area contributed by atoms with Gasteiger partial charge in [0.25, 0.3) is 5.91 Å². The van der Waals surface area contributed by atoms with E-state index in [0.29, 0.717) is 11.2 Å². The first-order valence-corrected chi connectivity index (χ1v) is 10.2. The Kier molecular flexibility index (Phi) is 4.88. The SMILES string of the molecule is CSc1cccc(NC(=O)c2cc(C)nc3c2c(C)nn3-c2ccccc2)c1. The molecule has 140 valence electrons. The number of aryl methyl sites for hydroxylation is 2. The van der Waals surface area contributed by atoms with Gasteiger partial charge in [-0.05, 0) is 56.5 Å². The summed E-state index contributed by atoms with van der Waals surface area (Å²) < 4.78 is 1.79. The number of thioether (sulfide) groups is 1. The maximum absolute atomic E-state index is 13.1. The molecule has 28 heavy (non-hydrogen) atoms. The molecule has 0 fully saturated rings. The van der Waals surface area contributed by atoms with Crippen LogP contribution in [0.4, 0.5) is 5.69 Å². The van der Waals surface area contributed by atoms with E-state index in [1.54, 1.807) is 16.4 Å². The predicted molar refractivity (Wildman–Crippen MR) is 115 cm³/mol. The van der Waals surface area contributed by atoms with Gasteiger partial charge in [-0.25, -0.2) is 9.67 Å². The topological polar surface area (TPSA) is 59.8 Å². The van der Waals surface area contributed by atoms with Gasteiger partial charge in [-0.1, -0.05) is 24.3 Å². The average molecular weight is 388 g/mol. The third-order valence-electron chi connectivity index (χ3n) is 4.51. The summed E-state index contributed by atoms with van der Waals surface area (Å²) >= 11 is 1.64. The molecule has 0 atom stereocenters. The molecule has 2 aromatic carbocycles. The molecule has 1 amide bonds. The number of anilines is 1. The predicted octanol–water partition coefficient (Wildman–Crippen LogP) is 5.01. The van der Waals surface area contributed by atoms with Gasteiger partial charge in [-0.2, -0.15) is 5.10 Å². The summed E-state index contributed by atoms with van der Waals surface area (Å²) in [4.78, 5) is 18.9. The van der Waals surface area contributed by atoms with Crippen LogP contribution in [0.15, 0.2) is 65.6 Å². The van der Waals surface area contributed by atoms with E-state index in [4.69, 9.17) is 0 Å². The number of amides is 1. The zero-order valence-electron chi connectivity index (χ0n) is 15.9. The lowest BCUT2D eigenvalue weighted by atomic mass is 10.1. The van der Waals surface area contributed by atoms with E-state index in [9.17, 15) is 4.79 Å². The number of aromatic nitrogens is 3. The maximum Gasteiger partial charge on any atom is 0.256 e. The molecule has 5 nitrogen and oxygen atoms in total. The molecule has 0 spiro atoms. The quantitative estimate of drug-likeness (QED) is 0.499. The minimum absolute atomic E-state index is 0.163. The van der Waals surface area contributed by atoms with E-state index >= 15 is 0 Å².